The topological polar surface area (TPSA) is 59.8 Å². The molecule has 0 bridgehead atoms. The largest absolute Gasteiger partial charge is 0.417 e. The summed E-state index contributed by atoms with van der Waals surface area (Å²) in [4.78, 5) is 17.0. The Labute approximate surface area is 169 Å². The van der Waals surface area contributed by atoms with Crippen molar-refractivity contribution in [2.45, 2.75) is 25.6 Å². The summed E-state index contributed by atoms with van der Waals surface area (Å²) in [6, 6.07) is 8.46. The van der Waals surface area contributed by atoms with Gasteiger partial charge in [0.2, 0.25) is 0 Å². The third kappa shape index (κ3) is 4.04. The van der Waals surface area contributed by atoms with Crippen LogP contribution in [0.3, 0.4) is 0 Å². The lowest BCUT2D eigenvalue weighted by atomic mass is 10.0. The lowest BCUT2D eigenvalue weighted by Crippen LogP contribution is -2.22. The van der Waals surface area contributed by atoms with Gasteiger partial charge in [0.05, 0.1) is 28.4 Å². The number of benzene rings is 1. The Hall–Kier alpha value is -2.71. The van der Waals surface area contributed by atoms with Crippen LogP contribution in [0.4, 0.5) is 13.2 Å². The number of hydrogen-bond acceptors (Lipinski definition) is 4. The van der Waals surface area contributed by atoms with Gasteiger partial charge in [-0.2, -0.15) is 18.3 Å². The molecule has 29 heavy (non-hydrogen) atoms. The normalized spacial score (nSPS) is 13.9. The summed E-state index contributed by atoms with van der Waals surface area (Å²) in [5, 5.41) is 7.17. The molecule has 0 unspecified atom stereocenters. The Morgan fingerprint density at radius 1 is 1.21 bits per heavy atom. The van der Waals surface area contributed by atoms with Crippen LogP contribution in [0, 0.1) is 0 Å². The smallest absolute Gasteiger partial charge is 0.311 e. The maximum absolute atomic E-state index is 13.0. The summed E-state index contributed by atoms with van der Waals surface area (Å²) in [6.45, 7) is 1.58. The van der Waals surface area contributed by atoms with Crippen molar-refractivity contribution in [3.05, 3.63) is 75.7 Å². The fourth-order valence-electron chi connectivity index (χ4n) is 3.27. The highest BCUT2D eigenvalue weighted by molar-refractivity contribution is 6.34. The average molecular weight is 421 g/mol. The van der Waals surface area contributed by atoms with Gasteiger partial charge in [0, 0.05) is 18.3 Å². The number of Topliss-reactive ketones (excluding diaryl/α,β-unsaturated/α-hetero) is 1. The van der Waals surface area contributed by atoms with Crippen LogP contribution < -0.4 is 5.32 Å². The first-order valence-electron chi connectivity index (χ1n) is 8.96. The van der Waals surface area contributed by atoms with E-state index in [1.807, 2.05) is 6.20 Å². The van der Waals surface area contributed by atoms with Gasteiger partial charge in [-0.1, -0.05) is 23.7 Å². The molecule has 1 aromatic carbocycles. The molecule has 0 atom stereocenters. The molecule has 9 heteroatoms. The van der Waals surface area contributed by atoms with E-state index in [-0.39, 0.29) is 12.0 Å². The fraction of sp³-hybridized carbons (Fsp3) is 0.250. The molecule has 5 nitrogen and oxygen atoms in total. The number of carbonyl (C=O) groups is 1. The SMILES string of the molecule is O=C(Cc1cccc(-n2cc3c(n2)CNCC3)n1)c1cccc(C(F)(F)F)c1Cl. The third-order valence-electron chi connectivity index (χ3n) is 4.71. The monoisotopic (exact) mass is 420 g/mol. The quantitative estimate of drug-likeness (QED) is 0.648. The first-order valence-corrected chi connectivity index (χ1v) is 9.34. The molecule has 0 fully saturated rings. The summed E-state index contributed by atoms with van der Waals surface area (Å²) in [5.41, 5.74) is 1.32. The Kier molecular flexibility index (Phi) is 5.14. The van der Waals surface area contributed by atoms with Crippen LogP contribution in [0.5, 0.6) is 0 Å². The van der Waals surface area contributed by atoms with Crippen LogP contribution in [0.1, 0.15) is 32.9 Å². The summed E-state index contributed by atoms with van der Waals surface area (Å²) < 4.78 is 40.8. The fourth-order valence-corrected chi connectivity index (χ4v) is 3.61. The number of pyridine rings is 1. The predicted molar refractivity (Wildman–Crippen MR) is 101 cm³/mol. The molecule has 3 heterocycles. The summed E-state index contributed by atoms with van der Waals surface area (Å²) in [7, 11) is 0. The van der Waals surface area contributed by atoms with Crippen LogP contribution in [-0.4, -0.2) is 27.1 Å². The summed E-state index contributed by atoms with van der Waals surface area (Å²) in [6.07, 6.45) is -2.01. The molecule has 4 rings (SSSR count). The van der Waals surface area contributed by atoms with Crippen LogP contribution in [-0.2, 0) is 25.6 Å². The number of aromatic nitrogens is 3. The van der Waals surface area contributed by atoms with Gasteiger partial charge in [-0.15, -0.1) is 0 Å². The standard InChI is InChI=1S/C20H16ClF3N4O/c21-19-14(4-2-5-15(19)20(22,23)24)17(29)9-13-3-1-6-18(26-13)28-11-12-7-8-25-10-16(12)27-28/h1-6,11,25H,7-10H2. The van der Waals surface area contributed by atoms with Crippen molar-refractivity contribution in [1.82, 2.24) is 20.1 Å². The molecule has 1 aliphatic rings. The van der Waals surface area contributed by atoms with Gasteiger partial charge in [0.1, 0.15) is 0 Å². The zero-order chi connectivity index (χ0) is 20.6. The van der Waals surface area contributed by atoms with Gasteiger partial charge in [-0.05, 0) is 42.8 Å². The number of nitrogens with zero attached hydrogens (tertiary/aromatic N) is 3. The number of alkyl halides is 3. The highest BCUT2D eigenvalue weighted by Gasteiger charge is 2.34. The molecule has 2 aromatic heterocycles. The minimum atomic E-state index is -4.63. The van der Waals surface area contributed by atoms with E-state index in [4.69, 9.17) is 11.6 Å². The highest BCUT2D eigenvalue weighted by atomic mass is 35.5. The Balaban J connectivity index is 1.59. The van der Waals surface area contributed by atoms with Gasteiger partial charge >= 0.3 is 6.18 Å². The van der Waals surface area contributed by atoms with Crippen LogP contribution in [0.25, 0.3) is 5.82 Å². The maximum atomic E-state index is 13.0. The Morgan fingerprint density at radius 2 is 2.00 bits per heavy atom. The summed E-state index contributed by atoms with van der Waals surface area (Å²) >= 11 is 5.86. The minimum absolute atomic E-state index is 0.169. The molecule has 0 aliphatic carbocycles. The molecule has 1 aliphatic heterocycles. The summed E-state index contributed by atoms with van der Waals surface area (Å²) in [5.74, 6) is 0.00884. The molecular formula is C20H16ClF3N4O. The van der Waals surface area contributed by atoms with Crippen LogP contribution in [0.2, 0.25) is 5.02 Å². The first-order chi connectivity index (χ1) is 13.8. The van der Waals surface area contributed by atoms with Gasteiger partial charge in [0.25, 0.3) is 0 Å². The van der Waals surface area contributed by atoms with Crippen molar-refractivity contribution < 1.29 is 18.0 Å². The van der Waals surface area contributed by atoms with Crippen molar-refractivity contribution in [3.8, 4) is 5.82 Å². The zero-order valence-corrected chi connectivity index (χ0v) is 15.9. The molecule has 150 valence electrons. The van der Waals surface area contributed by atoms with E-state index >= 15 is 0 Å². The van der Waals surface area contributed by atoms with E-state index < -0.39 is 22.5 Å². The van der Waals surface area contributed by atoms with Crippen molar-refractivity contribution in [1.29, 1.82) is 0 Å². The molecule has 0 saturated carbocycles. The Morgan fingerprint density at radius 3 is 2.76 bits per heavy atom. The minimum Gasteiger partial charge on any atom is -0.311 e. The molecule has 0 amide bonds. The van der Waals surface area contributed by atoms with E-state index in [1.165, 1.54) is 12.1 Å². The molecule has 0 radical (unpaired) electrons. The average Bonchev–Trinajstić information content (AvgIpc) is 3.11. The van der Waals surface area contributed by atoms with E-state index in [1.54, 1.807) is 22.9 Å². The van der Waals surface area contributed by atoms with Crippen molar-refractivity contribution in [2.24, 2.45) is 0 Å². The zero-order valence-electron chi connectivity index (χ0n) is 15.1. The van der Waals surface area contributed by atoms with Crippen molar-refractivity contribution in [3.63, 3.8) is 0 Å². The molecule has 1 N–H and O–H groups in total. The molecule has 0 saturated heterocycles. The molecule has 0 spiro atoms. The third-order valence-corrected chi connectivity index (χ3v) is 5.12. The number of fused-ring (bicyclic) bond motifs is 1. The number of ketones is 1. The van der Waals surface area contributed by atoms with Crippen LogP contribution in [0.15, 0.2) is 42.6 Å². The molecular weight excluding hydrogens is 405 g/mol. The maximum Gasteiger partial charge on any atom is 0.417 e. The number of nitrogens with one attached hydrogen (secondary N) is 1. The van der Waals surface area contributed by atoms with Gasteiger partial charge in [0.15, 0.2) is 11.6 Å². The number of carbonyl (C=O) groups excluding carboxylic acids is 1. The van der Waals surface area contributed by atoms with Gasteiger partial charge in [-0.3, -0.25) is 4.79 Å². The second kappa shape index (κ2) is 7.61. The first kappa shape index (κ1) is 19.6. The second-order valence-electron chi connectivity index (χ2n) is 6.72. The number of rotatable bonds is 4. The lowest BCUT2D eigenvalue weighted by Gasteiger charge is -2.11. The van der Waals surface area contributed by atoms with E-state index in [2.05, 4.69) is 15.4 Å². The van der Waals surface area contributed by atoms with Crippen molar-refractivity contribution >= 4 is 17.4 Å². The highest BCUT2D eigenvalue weighted by Crippen LogP contribution is 2.36. The number of hydrogen-bond donors (Lipinski definition) is 1. The van der Waals surface area contributed by atoms with E-state index in [0.29, 0.717) is 18.1 Å². The van der Waals surface area contributed by atoms with Gasteiger partial charge < -0.3 is 5.32 Å². The predicted octanol–water partition coefficient (Wildman–Crippen LogP) is 4.01. The van der Waals surface area contributed by atoms with Crippen LogP contribution >= 0.6 is 11.6 Å². The lowest BCUT2D eigenvalue weighted by molar-refractivity contribution is -0.137. The second-order valence-corrected chi connectivity index (χ2v) is 7.10. The Bertz CT molecular complexity index is 1050. The number of halogens is 4. The van der Waals surface area contributed by atoms with E-state index in [9.17, 15) is 18.0 Å². The van der Waals surface area contributed by atoms with Crippen molar-refractivity contribution in [2.75, 3.05) is 6.54 Å². The molecule has 3 aromatic rings. The van der Waals surface area contributed by atoms with Gasteiger partial charge in [-0.25, -0.2) is 9.67 Å². The van der Waals surface area contributed by atoms with E-state index in [0.717, 1.165) is 30.3 Å².